The maximum absolute atomic E-state index is 14.2. The van der Waals surface area contributed by atoms with Crippen LogP contribution in [0.5, 0.6) is 5.75 Å². The van der Waals surface area contributed by atoms with Crippen molar-refractivity contribution in [3.05, 3.63) is 110 Å². The molecule has 1 aliphatic carbocycles. The number of ether oxygens (including phenoxy) is 1. The Morgan fingerprint density at radius 1 is 1.06 bits per heavy atom. The Labute approximate surface area is 290 Å². The average Bonchev–Trinajstić information content (AvgIpc) is 3.95. The number of anilines is 1. The number of methoxy groups -OCH3 is 1. The standard InChI is InChI=1S/C38H33FN6O4S/c1-19-17-21-18-29(50-34(21)35(40-19)42-25-15-13-24-23(25)5-3-7-28(24)48-2)31-30(36-43-44-38(47)49-36)26(14-10-20-8-11-22(39)12-9-20)41-33-27-6-4-16-45(27)37(46)32(31)33/h3,5,7-9,11-12,17-18,25,27H,4,6,10,13-16H2,1-2H3,(H,40,42)(H,44,47)/t25-,27+/m0/s1. The number of rotatable bonds is 8. The van der Waals surface area contributed by atoms with Crippen LogP contribution >= 0.6 is 11.3 Å². The van der Waals surface area contributed by atoms with Crippen LogP contribution in [-0.2, 0) is 19.3 Å². The zero-order valence-electron chi connectivity index (χ0n) is 27.5. The molecule has 0 saturated carbocycles. The summed E-state index contributed by atoms with van der Waals surface area (Å²) in [5.41, 5.74) is 7.35. The number of carbonyl (C=O) groups is 1. The highest BCUT2D eigenvalue weighted by atomic mass is 32.1. The number of pyridine rings is 2. The lowest BCUT2D eigenvalue weighted by molar-refractivity contribution is 0.0776. The predicted octanol–water partition coefficient (Wildman–Crippen LogP) is 7.33. The Kier molecular flexibility index (Phi) is 7.30. The van der Waals surface area contributed by atoms with Crippen LogP contribution in [0, 0.1) is 12.7 Å². The molecule has 9 rings (SSSR count). The van der Waals surface area contributed by atoms with Crippen LogP contribution in [0.15, 0.2) is 63.8 Å². The third-order valence-corrected chi connectivity index (χ3v) is 11.4. The number of aromatic amines is 1. The van der Waals surface area contributed by atoms with Crippen LogP contribution in [-0.4, -0.2) is 44.6 Å². The number of nitrogens with one attached hydrogen (secondary N) is 2. The van der Waals surface area contributed by atoms with Gasteiger partial charge in [-0.2, -0.15) is 0 Å². The van der Waals surface area contributed by atoms with Crippen LogP contribution in [0.2, 0.25) is 0 Å². The summed E-state index contributed by atoms with van der Waals surface area (Å²) >= 11 is 1.55. The number of carbonyl (C=O) groups excluding carboxylic acids is 1. The minimum Gasteiger partial charge on any atom is -0.496 e. The Hall–Kier alpha value is -5.36. The van der Waals surface area contributed by atoms with Crippen LogP contribution in [0.3, 0.4) is 0 Å². The molecule has 2 atom stereocenters. The maximum atomic E-state index is 14.2. The number of aryl methyl sites for hydroxylation is 3. The molecule has 6 heterocycles. The molecule has 6 aromatic rings. The smallest absolute Gasteiger partial charge is 0.434 e. The highest BCUT2D eigenvalue weighted by Crippen LogP contribution is 2.50. The van der Waals surface area contributed by atoms with Gasteiger partial charge in [0.2, 0.25) is 0 Å². The van der Waals surface area contributed by atoms with E-state index in [4.69, 9.17) is 19.1 Å². The summed E-state index contributed by atoms with van der Waals surface area (Å²) in [4.78, 5) is 39.5. The third kappa shape index (κ3) is 5.00. The van der Waals surface area contributed by atoms with Gasteiger partial charge in [-0.25, -0.2) is 19.3 Å². The summed E-state index contributed by atoms with van der Waals surface area (Å²) < 4.78 is 26.0. The summed E-state index contributed by atoms with van der Waals surface area (Å²) in [6.45, 7) is 2.64. The predicted molar refractivity (Wildman–Crippen MR) is 188 cm³/mol. The van der Waals surface area contributed by atoms with E-state index in [1.807, 2.05) is 24.0 Å². The van der Waals surface area contributed by atoms with Crippen molar-refractivity contribution in [2.45, 2.75) is 57.5 Å². The number of nitrogens with zero attached hydrogens (tertiary/aromatic N) is 4. The molecule has 2 aromatic carbocycles. The van der Waals surface area contributed by atoms with E-state index < -0.39 is 5.76 Å². The first-order valence-corrected chi connectivity index (χ1v) is 17.7. The van der Waals surface area contributed by atoms with E-state index in [0.29, 0.717) is 41.8 Å². The van der Waals surface area contributed by atoms with Crippen LogP contribution in [0.1, 0.15) is 75.5 Å². The van der Waals surface area contributed by atoms with Gasteiger partial charge in [-0.3, -0.25) is 9.78 Å². The summed E-state index contributed by atoms with van der Waals surface area (Å²) in [6, 6.07) is 16.7. The maximum Gasteiger partial charge on any atom is 0.434 e. The quantitative estimate of drug-likeness (QED) is 0.170. The van der Waals surface area contributed by atoms with E-state index in [1.54, 1.807) is 30.6 Å². The number of thiophene rings is 1. The van der Waals surface area contributed by atoms with Crippen molar-refractivity contribution in [3.8, 4) is 27.6 Å². The zero-order chi connectivity index (χ0) is 34.1. The molecular formula is C38H33FN6O4S. The molecule has 252 valence electrons. The van der Waals surface area contributed by atoms with E-state index in [-0.39, 0.29) is 29.7 Å². The van der Waals surface area contributed by atoms with Gasteiger partial charge in [-0.1, -0.05) is 24.3 Å². The van der Waals surface area contributed by atoms with Gasteiger partial charge in [0.25, 0.3) is 11.8 Å². The highest BCUT2D eigenvalue weighted by Gasteiger charge is 2.45. The Balaban J connectivity index is 1.22. The number of aromatic nitrogens is 4. The van der Waals surface area contributed by atoms with Gasteiger partial charge < -0.3 is 19.4 Å². The minimum atomic E-state index is -0.695. The first kappa shape index (κ1) is 30.7. The molecular weight excluding hydrogens is 656 g/mol. The van der Waals surface area contributed by atoms with E-state index in [9.17, 15) is 14.0 Å². The van der Waals surface area contributed by atoms with Crippen molar-refractivity contribution in [1.82, 2.24) is 25.1 Å². The van der Waals surface area contributed by atoms with Gasteiger partial charge in [0.1, 0.15) is 17.4 Å². The van der Waals surface area contributed by atoms with Gasteiger partial charge in [-0.15, -0.1) is 16.4 Å². The Morgan fingerprint density at radius 3 is 2.72 bits per heavy atom. The molecule has 10 nitrogen and oxygen atoms in total. The number of amides is 1. The van der Waals surface area contributed by atoms with E-state index >= 15 is 0 Å². The van der Waals surface area contributed by atoms with Gasteiger partial charge in [-0.05, 0) is 97.9 Å². The molecule has 0 bridgehead atoms. The van der Waals surface area contributed by atoms with Crippen molar-refractivity contribution in [3.63, 3.8) is 0 Å². The van der Waals surface area contributed by atoms with Crippen molar-refractivity contribution in [2.24, 2.45) is 0 Å². The number of hydrogen-bond donors (Lipinski definition) is 2. The largest absolute Gasteiger partial charge is 0.496 e. The molecule has 4 aromatic heterocycles. The van der Waals surface area contributed by atoms with Crippen LogP contribution in [0.4, 0.5) is 10.2 Å². The normalized spacial score (nSPS) is 17.7. The molecule has 1 amide bonds. The van der Waals surface area contributed by atoms with Crippen LogP contribution in [0.25, 0.3) is 32.0 Å². The number of hydrogen-bond acceptors (Lipinski definition) is 9. The average molecular weight is 689 g/mol. The monoisotopic (exact) mass is 688 g/mol. The second-order valence-corrected chi connectivity index (χ2v) is 14.2. The number of fused-ring (bicyclic) bond motifs is 5. The minimum absolute atomic E-state index is 0.0639. The van der Waals surface area contributed by atoms with Crippen molar-refractivity contribution in [1.29, 1.82) is 0 Å². The fraction of sp³-hybridized carbons (Fsp3) is 0.289. The highest BCUT2D eigenvalue weighted by molar-refractivity contribution is 7.23. The lowest BCUT2D eigenvalue weighted by Gasteiger charge is -2.17. The summed E-state index contributed by atoms with van der Waals surface area (Å²) in [6.07, 6.45) is 4.58. The van der Waals surface area contributed by atoms with Crippen molar-refractivity contribution in [2.75, 3.05) is 19.0 Å². The first-order chi connectivity index (χ1) is 24.4. The topological polar surface area (TPSA) is 126 Å². The van der Waals surface area contributed by atoms with Gasteiger partial charge in [0.05, 0.1) is 46.4 Å². The summed E-state index contributed by atoms with van der Waals surface area (Å²) in [7, 11) is 1.70. The molecule has 12 heteroatoms. The number of halogens is 1. The molecule has 2 aliphatic heterocycles. The fourth-order valence-electron chi connectivity index (χ4n) is 7.99. The SMILES string of the molecule is COc1cccc2c1CC[C@@H]2Nc1nc(C)cc2cc(-c3c4c(nc(CCc5ccc(F)cc5)c3-c3n[nH]c(=O)o3)[C@H]3CCCN3C4=O)sc12. The van der Waals surface area contributed by atoms with E-state index in [1.165, 1.54) is 23.3 Å². The molecule has 2 N–H and O–H groups in total. The first-order valence-electron chi connectivity index (χ1n) is 16.9. The second kappa shape index (κ2) is 11.9. The summed E-state index contributed by atoms with van der Waals surface area (Å²) in [5.74, 6) is 0.687. The van der Waals surface area contributed by atoms with Crippen LogP contribution < -0.4 is 15.8 Å². The van der Waals surface area contributed by atoms with E-state index in [2.05, 4.69) is 33.7 Å². The molecule has 0 unspecified atom stereocenters. The molecule has 0 radical (unpaired) electrons. The molecule has 1 fully saturated rings. The number of benzene rings is 2. The van der Waals surface area contributed by atoms with Gasteiger partial charge in [0.15, 0.2) is 0 Å². The molecule has 1 saturated heterocycles. The van der Waals surface area contributed by atoms with Gasteiger partial charge >= 0.3 is 5.76 Å². The fourth-order valence-corrected chi connectivity index (χ4v) is 9.14. The molecule has 50 heavy (non-hydrogen) atoms. The lowest BCUT2D eigenvalue weighted by Crippen LogP contribution is -2.22. The van der Waals surface area contributed by atoms with Crippen molar-refractivity contribution < 1.29 is 18.3 Å². The van der Waals surface area contributed by atoms with E-state index in [0.717, 1.165) is 69.2 Å². The molecule has 0 spiro atoms. The summed E-state index contributed by atoms with van der Waals surface area (Å²) in [5, 5.41) is 11.4. The second-order valence-electron chi connectivity index (χ2n) is 13.2. The zero-order valence-corrected chi connectivity index (χ0v) is 28.3. The molecule has 3 aliphatic rings. The number of H-pyrrole nitrogens is 1. The third-order valence-electron chi connectivity index (χ3n) is 10.2. The van der Waals surface area contributed by atoms with Crippen molar-refractivity contribution >= 4 is 33.1 Å². The lowest BCUT2D eigenvalue weighted by atomic mass is 9.93. The van der Waals surface area contributed by atoms with Gasteiger partial charge in [0, 0.05) is 22.7 Å². The Bertz CT molecular complexity index is 2380. The Morgan fingerprint density at radius 2 is 1.92 bits per heavy atom.